The first-order chi connectivity index (χ1) is 6.59. The predicted octanol–water partition coefficient (Wildman–Crippen LogP) is 2.36. The van der Waals surface area contributed by atoms with Crippen molar-refractivity contribution in [1.82, 2.24) is 0 Å². The number of fused-ring (bicyclic) bond motifs is 1. The molecule has 1 aliphatic heterocycles. The molecule has 0 radical (unpaired) electrons. The first kappa shape index (κ1) is 9.53. The van der Waals surface area contributed by atoms with Crippen LogP contribution in [0.3, 0.4) is 0 Å². The van der Waals surface area contributed by atoms with Crippen molar-refractivity contribution in [2.24, 2.45) is 11.7 Å². The zero-order chi connectivity index (χ0) is 10.3. The summed E-state index contributed by atoms with van der Waals surface area (Å²) in [6.07, 6.45) is 0. The second-order valence-corrected chi connectivity index (χ2v) is 4.41. The maximum Gasteiger partial charge on any atom is 0.0391 e. The Labute approximate surface area is 85.5 Å². The van der Waals surface area contributed by atoms with E-state index >= 15 is 0 Å². The summed E-state index contributed by atoms with van der Waals surface area (Å²) in [4.78, 5) is 0. The summed E-state index contributed by atoms with van der Waals surface area (Å²) in [6, 6.07) is 4.61. The number of benzene rings is 1. The molecule has 1 aromatic carbocycles. The molecule has 2 nitrogen and oxygen atoms in total. The lowest BCUT2D eigenvalue weighted by Crippen LogP contribution is -2.31. The zero-order valence-corrected chi connectivity index (χ0v) is 9.09. The third-order valence-corrected chi connectivity index (χ3v) is 3.25. The average molecular weight is 190 g/mol. The van der Waals surface area contributed by atoms with Gasteiger partial charge in [0.25, 0.3) is 0 Å². The van der Waals surface area contributed by atoms with E-state index in [2.05, 4.69) is 38.2 Å². The largest absolute Gasteiger partial charge is 0.384 e. The molecule has 2 unspecified atom stereocenters. The molecule has 1 aromatic rings. The third-order valence-electron chi connectivity index (χ3n) is 3.25. The molecule has 0 saturated carbocycles. The smallest absolute Gasteiger partial charge is 0.0391 e. The predicted molar refractivity (Wildman–Crippen MR) is 60.5 cm³/mol. The van der Waals surface area contributed by atoms with Gasteiger partial charge >= 0.3 is 0 Å². The van der Waals surface area contributed by atoms with Gasteiger partial charge in [0.15, 0.2) is 0 Å². The lowest BCUT2D eigenvalue weighted by Gasteiger charge is -2.30. The van der Waals surface area contributed by atoms with E-state index < -0.39 is 0 Å². The highest BCUT2D eigenvalue weighted by Crippen LogP contribution is 2.33. The van der Waals surface area contributed by atoms with Gasteiger partial charge in [-0.2, -0.15) is 0 Å². The molecular formula is C12H18N2. The number of hydrogen-bond acceptors (Lipinski definition) is 2. The van der Waals surface area contributed by atoms with Gasteiger partial charge in [0, 0.05) is 18.3 Å². The molecule has 0 aliphatic carbocycles. The van der Waals surface area contributed by atoms with Gasteiger partial charge in [-0.05, 0) is 42.5 Å². The van der Waals surface area contributed by atoms with Crippen molar-refractivity contribution in [2.45, 2.75) is 26.8 Å². The molecule has 0 aromatic heterocycles. The van der Waals surface area contributed by atoms with E-state index in [-0.39, 0.29) is 6.04 Å². The molecule has 2 heteroatoms. The monoisotopic (exact) mass is 190 g/mol. The fraction of sp³-hybridized carbons (Fsp3) is 0.500. The Balaban J connectivity index is 2.50. The molecule has 0 bridgehead atoms. The summed E-state index contributed by atoms with van der Waals surface area (Å²) in [6.45, 7) is 7.45. The summed E-state index contributed by atoms with van der Waals surface area (Å²) in [7, 11) is 0. The summed E-state index contributed by atoms with van der Waals surface area (Å²) in [5.74, 6) is 0.518. The van der Waals surface area contributed by atoms with Crippen LogP contribution < -0.4 is 11.1 Å². The number of anilines is 1. The summed E-state index contributed by atoms with van der Waals surface area (Å²) < 4.78 is 0. The normalized spacial score (nSPS) is 25.4. The van der Waals surface area contributed by atoms with Crippen molar-refractivity contribution in [3.63, 3.8) is 0 Å². The van der Waals surface area contributed by atoms with Crippen LogP contribution in [0.2, 0.25) is 0 Å². The Morgan fingerprint density at radius 2 is 1.93 bits per heavy atom. The van der Waals surface area contributed by atoms with E-state index in [1.54, 1.807) is 0 Å². The molecule has 0 amide bonds. The van der Waals surface area contributed by atoms with Gasteiger partial charge in [-0.3, -0.25) is 0 Å². The zero-order valence-electron chi connectivity index (χ0n) is 9.09. The number of nitrogens with one attached hydrogen (secondary N) is 1. The highest BCUT2D eigenvalue weighted by atomic mass is 14.9. The van der Waals surface area contributed by atoms with Gasteiger partial charge in [0.1, 0.15) is 0 Å². The Bertz CT molecular complexity index is 358. The van der Waals surface area contributed by atoms with Crippen LogP contribution in [0.15, 0.2) is 12.1 Å². The first-order valence-electron chi connectivity index (χ1n) is 5.20. The Kier molecular flexibility index (Phi) is 2.23. The number of nitrogens with two attached hydrogens (primary N) is 1. The number of aryl methyl sites for hydroxylation is 2. The van der Waals surface area contributed by atoms with Crippen LogP contribution in [0.5, 0.6) is 0 Å². The third kappa shape index (κ3) is 1.40. The molecular weight excluding hydrogens is 172 g/mol. The average Bonchev–Trinajstić information content (AvgIpc) is 2.15. The van der Waals surface area contributed by atoms with Crippen LogP contribution in [0.1, 0.15) is 29.7 Å². The Hall–Kier alpha value is -1.02. The van der Waals surface area contributed by atoms with Crippen LogP contribution >= 0.6 is 0 Å². The van der Waals surface area contributed by atoms with Gasteiger partial charge in [-0.1, -0.05) is 13.0 Å². The first-order valence-corrected chi connectivity index (χ1v) is 5.20. The maximum absolute atomic E-state index is 6.17. The van der Waals surface area contributed by atoms with Gasteiger partial charge in [0.2, 0.25) is 0 Å². The Morgan fingerprint density at radius 3 is 2.64 bits per heavy atom. The highest BCUT2D eigenvalue weighted by Gasteiger charge is 2.23. The van der Waals surface area contributed by atoms with E-state index in [4.69, 9.17) is 5.73 Å². The second-order valence-electron chi connectivity index (χ2n) is 4.41. The quantitative estimate of drug-likeness (QED) is 0.659. The molecule has 0 spiro atoms. The lowest BCUT2D eigenvalue weighted by atomic mass is 9.88. The van der Waals surface area contributed by atoms with Gasteiger partial charge in [0.05, 0.1) is 0 Å². The summed E-state index contributed by atoms with van der Waals surface area (Å²) in [5.41, 5.74) is 11.3. The minimum atomic E-state index is 0.186. The van der Waals surface area contributed by atoms with Crippen LogP contribution in [0, 0.1) is 19.8 Å². The van der Waals surface area contributed by atoms with Crippen molar-refractivity contribution in [3.05, 3.63) is 28.8 Å². The van der Waals surface area contributed by atoms with Crippen LogP contribution in [-0.2, 0) is 0 Å². The van der Waals surface area contributed by atoms with Crippen molar-refractivity contribution in [1.29, 1.82) is 0 Å². The maximum atomic E-state index is 6.17. The summed E-state index contributed by atoms with van der Waals surface area (Å²) >= 11 is 0. The molecule has 3 N–H and O–H groups in total. The number of rotatable bonds is 0. The fourth-order valence-corrected chi connectivity index (χ4v) is 1.97. The van der Waals surface area contributed by atoms with Gasteiger partial charge in [-0.25, -0.2) is 0 Å². The van der Waals surface area contributed by atoms with Crippen LogP contribution in [0.25, 0.3) is 0 Å². The van der Waals surface area contributed by atoms with Gasteiger partial charge < -0.3 is 11.1 Å². The summed E-state index contributed by atoms with van der Waals surface area (Å²) in [5, 5.41) is 3.43. The molecule has 76 valence electrons. The molecule has 0 fully saturated rings. The standard InChI is InChI=1S/C12H18N2/c1-7-4-10-11(5-8(7)2)14-6-9(3)12(10)13/h4-5,9,12,14H,6,13H2,1-3H3. The van der Waals surface area contributed by atoms with E-state index in [1.807, 2.05) is 0 Å². The molecule has 2 rings (SSSR count). The van der Waals surface area contributed by atoms with Crippen LogP contribution in [0.4, 0.5) is 5.69 Å². The van der Waals surface area contributed by atoms with E-state index in [1.165, 1.54) is 22.4 Å². The SMILES string of the molecule is Cc1cc2c(cc1C)C(N)C(C)CN2. The van der Waals surface area contributed by atoms with Crippen molar-refractivity contribution in [3.8, 4) is 0 Å². The molecule has 14 heavy (non-hydrogen) atoms. The van der Waals surface area contributed by atoms with Gasteiger partial charge in [-0.15, -0.1) is 0 Å². The molecule has 1 aliphatic rings. The minimum Gasteiger partial charge on any atom is -0.384 e. The molecule has 1 heterocycles. The van der Waals surface area contributed by atoms with Crippen molar-refractivity contribution in [2.75, 3.05) is 11.9 Å². The fourth-order valence-electron chi connectivity index (χ4n) is 1.97. The minimum absolute atomic E-state index is 0.186. The van der Waals surface area contributed by atoms with E-state index in [0.717, 1.165) is 6.54 Å². The van der Waals surface area contributed by atoms with E-state index in [9.17, 15) is 0 Å². The topological polar surface area (TPSA) is 38.0 Å². The van der Waals surface area contributed by atoms with Crippen molar-refractivity contribution < 1.29 is 0 Å². The lowest BCUT2D eigenvalue weighted by molar-refractivity contribution is 0.479. The molecule has 2 atom stereocenters. The van der Waals surface area contributed by atoms with Crippen molar-refractivity contribution >= 4 is 5.69 Å². The van der Waals surface area contributed by atoms with E-state index in [0.29, 0.717) is 5.92 Å². The highest BCUT2D eigenvalue weighted by molar-refractivity contribution is 5.58. The number of hydrogen-bond donors (Lipinski definition) is 2. The second kappa shape index (κ2) is 3.28. The van der Waals surface area contributed by atoms with Crippen LogP contribution in [-0.4, -0.2) is 6.54 Å². The molecule has 0 saturated heterocycles. The Morgan fingerprint density at radius 1 is 1.29 bits per heavy atom.